The molecule has 1 aliphatic rings. The van der Waals surface area contributed by atoms with Gasteiger partial charge in [-0.05, 0) is 34.7 Å². The van der Waals surface area contributed by atoms with E-state index in [4.69, 9.17) is 4.42 Å². The summed E-state index contributed by atoms with van der Waals surface area (Å²) < 4.78 is 5.74. The summed E-state index contributed by atoms with van der Waals surface area (Å²) in [7, 11) is 0. The number of hydrogen-bond donors (Lipinski definition) is 0. The van der Waals surface area contributed by atoms with Crippen LogP contribution in [-0.4, -0.2) is 41.9 Å². The molecule has 1 aliphatic heterocycles. The number of fused-ring (bicyclic) bond motifs is 1. The van der Waals surface area contributed by atoms with Crippen LogP contribution in [0.3, 0.4) is 0 Å². The predicted octanol–water partition coefficient (Wildman–Crippen LogP) is 6.03. The van der Waals surface area contributed by atoms with Gasteiger partial charge < -0.3 is 9.32 Å². The van der Waals surface area contributed by atoms with Crippen molar-refractivity contribution in [1.29, 1.82) is 0 Å². The normalized spacial score (nSPS) is 14.9. The van der Waals surface area contributed by atoms with Gasteiger partial charge in [0, 0.05) is 37.1 Å². The summed E-state index contributed by atoms with van der Waals surface area (Å²) in [5.41, 5.74) is 5.68. The van der Waals surface area contributed by atoms with Gasteiger partial charge in [-0.25, -0.2) is 0 Å². The molecule has 0 aliphatic carbocycles. The molecule has 0 N–H and O–H groups in total. The molecule has 1 aromatic heterocycles. The molecule has 4 nitrogen and oxygen atoms in total. The van der Waals surface area contributed by atoms with Crippen LogP contribution >= 0.6 is 0 Å². The Balaban J connectivity index is 1.29. The van der Waals surface area contributed by atoms with Crippen LogP contribution in [0, 0.1) is 0 Å². The Labute approximate surface area is 201 Å². The minimum absolute atomic E-state index is 0.174. The highest BCUT2D eigenvalue weighted by Gasteiger charge is 2.28. The van der Waals surface area contributed by atoms with E-state index in [0.29, 0.717) is 12.3 Å². The van der Waals surface area contributed by atoms with E-state index in [9.17, 15) is 4.79 Å². The highest BCUT2D eigenvalue weighted by molar-refractivity contribution is 5.88. The molecule has 4 aromatic rings. The molecule has 4 heteroatoms. The van der Waals surface area contributed by atoms with Crippen molar-refractivity contribution in [2.75, 3.05) is 26.2 Å². The summed E-state index contributed by atoms with van der Waals surface area (Å²) in [6, 6.07) is 27.8. The van der Waals surface area contributed by atoms with Crippen molar-refractivity contribution in [3.8, 4) is 0 Å². The maximum Gasteiger partial charge on any atom is 0.227 e. The van der Waals surface area contributed by atoms with Crippen molar-refractivity contribution in [3.05, 3.63) is 107 Å². The number of amides is 1. The maximum absolute atomic E-state index is 13.2. The van der Waals surface area contributed by atoms with Crippen molar-refractivity contribution >= 4 is 16.9 Å². The molecule has 5 rings (SSSR count). The Morgan fingerprint density at radius 2 is 1.44 bits per heavy atom. The van der Waals surface area contributed by atoms with Crippen LogP contribution in [0.2, 0.25) is 0 Å². The van der Waals surface area contributed by atoms with Crippen LogP contribution in [0.25, 0.3) is 11.0 Å². The lowest BCUT2D eigenvalue weighted by Gasteiger charge is -2.39. The first kappa shape index (κ1) is 22.4. The third kappa shape index (κ3) is 4.64. The van der Waals surface area contributed by atoms with Crippen molar-refractivity contribution < 1.29 is 9.21 Å². The quantitative estimate of drug-likeness (QED) is 0.358. The molecule has 0 unspecified atom stereocenters. The summed E-state index contributed by atoms with van der Waals surface area (Å²) in [6.07, 6.45) is 2.14. The van der Waals surface area contributed by atoms with Crippen molar-refractivity contribution in [3.63, 3.8) is 0 Å². The molecular formula is C30H32N2O2. The first-order valence-corrected chi connectivity index (χ1v) is 12.2. The summed E-state index contributed by atoms with van der Waals surface area (Å²) >= 11 is 0. The number of rotatable bonds is 6. The monoisotopic (exact) mass is 452 g/mol. The van der Waals surface area contributed by atoms with Gasteiger partial charge >= 0.3 is 0 Å². The van der Waals surface area contributed by atoms with Crippen molar-refractivity contribution in [2.24, 2.45) is 0 Å². The van der Waals surface area contributed by atoms with Crippen LogP contribution in [-0.2, 0) is 11.2 Å². The molecule has 1 saturated heterocycles. The van der Waals surface area contributed by atoms with E-state index in [1.54, 1.807) is 6.26 Å². The number of piperazine rings is 1. The highest BCUT2D eigenvalue weighted by Crippen LogP contribution is 2.30. The van der Waals surface area contributed by atoms with Gasteiger partial charge in [0.05, 0.1) is 18.7 Å². The molecule has 1 amide bonds. The van der Waals surface area contributed by atoms with Crippen LogP contribution in [0.4, 0.5) is 0 Å². The maximum atomic E-state index is 13.2. The molecule has 0 bridgehead atoms. The van der Waals surface area contributed by atoms with Gasteiger partial charge in [-0.1, -0.05) is 80.6 Å². The van der Waals surface area contributed by atoms with Gasteiger partial charge in [0.15, 0.2) is 0 Å². The van der Waals surface area contributed by atoms with Crippen LogP contribution in [0.15, 0.2) is 89.5 Å². The molecule has 174 valence electrons. The number of carbonyl (C=O) groups excluding carboxylic acids is 1. The van der Waals surface area contributed by atoms with Gasteiger partial charge in [-0.2, -0.15) is 0 Å². The zero-order valence-corrected chi connectivity index (χ0v) is 20.0. The van der Waals surface area contributed by atoms with Gasteiger partial charge in [-0.3, -0.25) is 9.69 Å². The number of nitrogens with zero attached hydrogens (tertiary/aromatic N) is 2. The summed E-state index contributed by atoms with van der Waals surface area (Å²) in [4.78, 5) is 17.7. The fourth-order valence-corrected chi connectivity index (χ4v) is 4.98. The third-order valence-electron chi connectivity index (χ3n) is 6.95. The number of carbonyl (C=O) groups is 1. The summed E-state index contributed by atoms with van der Waals surface area (Å²) in [5, 5.41) is 1.06. The number of furan rings is 1. The second-order valence-electron chi connectivity index (χ2n) is 9.49. The fraction of sp³-hybridized carbons (Fsp3) is 0.300. The number of benzene rings is 3. The van der Waals surface area contributed by atoms with E-state index in [-0.39, 0.29) is 11.9 Å². The molecular weight excluding hydrogens is 420 g/mol. The average Bonchev–Trinajstić information content (AvgIpc) is 3.28. The average molecular weight is 453 g/mol. The van der Waals surface area contributed by atoms with E-state index in [0.717, 1.165) is 42.7 Å². The topological polar surface area (TPSA) is 36.7 Å². The molecule has 0 spiro atoms. The van der Waals surface area contributed by atoms with E-state index in [2.05, 4.69) is 91.5 Å². The Hall–Kier alpha value is -3.37. The highest BCUT2D eigenvalue weighted by atomic mass is 16.3. The summed E-state index contributed by atoms with van der Waals surface area (Å²) in [6.45, 7) is 7.55. The second kappa shape index (κ2) is 9.86. The van der Waals surface area contributed by atoms with Gasteiger partial charge in [-0.15, -0.1) is 0 Å². The first-order chi connectivity index (χ1) is 16.6. The minimum Gasteiger partial charge on any atom is -0.464 e. The molecule has 0 saturated carbocycles. The first-order valence-electron chi connectivity index (χ1n) is 12.2. The van der Waals surface area contributed by atoms with Crippen LogP contribution < -0.4 is 0 Å². The zero-order chi connectivity index (χ0) is 23.5. The largest absolute Gasteiger partial charge is 0.464 e. The van der Waals surface area contributed by atoms with Gasteiger partial charge in [0.1, 0.15) is 5.58 Å². The lowest BCUT2D eigenvalue weighted by molar-refractivity contribution is -0.132. The molecule has 3 aromatic carbocycles. The molecule has 0 atom stereocenters. The Kier molecular flexibility index (Phi) is 6.50. The number of hydrogen-bond acceptors (Lipinski definition) is 3. The molecule has 0 radical (unpaired) electrons. The van der Waals surface area contributed by atoms with E-state index >= 15 is 0 Å². The van der Waals surface area contributed by atoms with Crippen molar-refractivity contribution in [2.45, 2.75) is 32.2 Å². The second-order valence-corrected chi connectivity index (χ2v) is 9.49. The Bertz CT molecular complexity index is 1200. The van der Waals surface area contributed by atoms with Crippen LogP contribution in [0.1, 0.15) is 48.1 Å². The Morgan fingerprint density at radius 1 is 0.824 bits per heavy atom. The van der Waals surface area contributed by atoms with E-state index in [1.165, 1.54) is 16.7 Å². The predicted molar refractivity (Wildman–Crippen MR) is 137 cm³/mol. The fourth-order valence-electron chi connectivity index (χ4n) is 4.98. The minimum atomic E-state index is 0.174. The standard InChI is InChI=1S/C30H32N2O2/c1-22(2)25-13-14-28-27(19-25)26(21-34-28)20-29(33)31-15-17-32(18-16-31)30(23-9-5-3-6-10-23)24-11-7-4-8-12-24/h3-14,19,21-22,30H,15-18,20H2,1-2H3. The summed E-state index contributed by atoms with van der Waals surface area (Å²) in [5.74, 6) is 0.617. The lowest BCUT2D eigenvalue weighted by Crippen LogP contribution is -2.50. The van der Waals surface area contributed by atoms with E-state index < -0.39 is 0 Å². The van der Waals surface area contributed by atoms with Crippen LogP contribution in [0.5, 0.6) is 0 Å². The molecule has 1 fully saturated rings. The zero-order valence-electron chi connectivity index (χ0n) is 20.0. The van der Waals surface area contributed by atoms with Crippen molar-refractivity contribution in [1.82, 2.24) is 9.80 Å². The smallest absolute Gasteiger partial charge is 0.227 e. The third-order valence-corrected chi connectivity index (χ3v) is 6.95. The SMILES string of the molecule is CC(C)c1ccc2occ(CC(=O)N3CCN(C(c4ccccc4)c4ccccc4)CC3)c2c1. The van der Waals surface area contributed by atoms with Gasteiger partial charge in [0.2, 0.25) is 5.91 Å². The molecule has 34 heavy (non-hydrogen) atoms. The van der Waals surface area contributed by atoms with Gasteiger partial charge in [0.25, 0.3) is 0 Å². The van der Waals surface area contributed by atoms with E-state index in [1.807, 2.05) is 11.0 Å². The lowest BCUT2D eigenvalue weighted by atomic mass is 9.96. The molecule has 2 heterocycles. The Morgan fingerprint density at radius 3 is 2.03 bits per heavy atom.